The number of carbonyl (C=O) groups excluding carboxylic acids is 1. The lowest BCUT2D eigenvalue weighted by atomic mass is 10.0. The quantitative estimate of drug-likeness (QED) is 0.616. The fraction of sp³-hybridized carbons (Fsp3) is 0.429. The van der Waals surface area contributed by atoms with Gasteiger partial charge in [0.1, 0.15) is 23.8 Å². The van der Waals surface area contributed by atoms with Crippen molar-refractivity contribution in [2.75, 3.05) is 18.1 Å². The van der Waals surface area contributed by atoms with Crippen LogP contribution in [-0.2, 0) is 0 Å². The molecule has 7 rings (SSSR count). The molecular weight excluding hydrogens is 387 g/mol. The van der Waals surface area contributed by atoms with Crippen molar-refractivity contribution in [1.29, 1.82) is 0 Å². The molecule has 3 fully saturated rings. The topological polar surface area (TPSA) is 84.7 Å². The van der Waals surface area contributed by atoms with Gasteiger partial charge in [0, 0.05) is 18.3 Å². The van der Waals surface area contributed by atoms with E-state index >= 15 is 0 Å². The summed E-state index contributed by atoms with van der Waals surface area (Å²) in [4.78, 5) is 24.3. The normalized spacial score (nSPS) is 28.0. The van der Waals surface area contributed by atoms with Gasteiger partial charge in [-0.15, -0.1) is 0 Å². The molecule has 3 atom stereocenters. The molecule has 1 spiro atoms. The van der Waals surface area contributed by atoms with E-state index in [0.29, 0.717) is 35.5 Å². The Bertz CT molecular complexity index is 1220. The number of pyridine rings is 1. The zero-order chi connectivity index (χ0) is 20.0. The minimum absolute atomic E-state index is 0.0471. The molecule has 1 amide bonds. The summed E-state index contributed by atoms with van der Waals surface area (Å²) < 4.78 is 22.0. The molecule has 9 heteroatoms. The first-order valence-electron chi connectivity index (χ1n) is 10.3. The average Bonchev–Trinajstić information content (AvgIpc) is 3.60. The largest absolute Gasteiger partial charge is 0.475 e. The van der Waals surface area contributed by atoms with E-state index in [0.717, 1.165) is 37.2 Å². The second kappa shape index (κ2) is 5.47. The van der Waals surface area contributed by atoms with Gasteiger partial charge in [0.2, 0.25) is 5.88 Å². The van der Waals surface area contributed by atoms with Crippen LogP contribution in [0.1, 0.15) is 41.2 Å². The van der Waals surface area contributed by atoms with Gasteiger partial charge in [-0.2, -0.15) is 5.10 Å². The van der Waals surface area contributed by atoms with Crippen LogP contribution in [0.5, 0.6) is 5.88 Å². The van der Waals surface area contributed by atoms with E-state index in [-0.39, 0.29) is 17.8 Å². The number of nitrogens with one attached hydrogen (secondary N) is 1. The number of aromatic nitrogens is 4. The van der Waals surface area contributed by atoms with Crippen LogP contribution < -0.4 is 15.0 Å². The van der Waals surface area contributed by atoms with Gasteiger partial charge in [-0.25, -0.2) is 18.9 Å². The molecule has 5 heterocycles. The van der Waals surface area contributed by atoms with Crippen LogP contribution in [0.15, 0.2) is 30.7 Å². The summed E-state index contributed by atoms with van der Waals surface area (Å²) in [7, 11) is 0. The SMILES string of the molecule is O=C1NC2(CC2)COc2ncc(F)cc2[C@H]2[C@@H]3C[C@@H]3CN2c2ccn3ncc1c3n2. The Hall–Kier alpha value is -3.23. The van der Waals surface area contributed by atoms with Crippen LogP contribution in [0.3, 0.4) is 0 Å². The molecule has 30 heavy (non-hydrogen) atoms. The summed E-state index contributed by atoms with van der Waals surface area (Å²) in [5.74, 6) is 1.61. The summed E-state index contributed by atoms with van der Waals surface area (Å²) in [6, 6.07) is 3.39. The van der Waals surface area contributed by atoms with Crippen molar-refractivity contribution in [2.45, 2.75) is 30.8 Å². The molecule has 3 aromatic rings. The van der Waals surface area contributed by atoms with Gasteiger partial charge in [0.15, 0.2) is 5.65 Å². The van der Waals surface area contributed by atoms with Gasteiger partial charge in [0.25, 0.3) is 5.91 Å². The third-order valence-electron chi connectivity index (χ3n) is 6.92. The second-order valence-electron chi connectivity index (χ2n) is 8.94. The summed E-state index contributed by atoms with van der Waals surface area (Å²) >= 11 is 0. The molecule has 152 valence electrons. The van der Waals surface area contributed by atoms with Gasteiger partial charge in [-0.1, -0.05) is 0 Å². The molecule has 0 radical (unpaired) electrons. The molecule has 1 saturated heterocycles. The first-order chi connectivity index (χ1) is 14.6. The number of amides is 1. The van der Waals surface area contributed by atoms with E-state index in [4.69, 9.17) is 9.72 Å². The third-order valence-corrected chi connectivity index (χ3v) is 6.92. The lowest BCUT2D eigenvalue weighted by Gasteiger charge is -2.30. The number of carbonyl (C=O) groups is 1. The molecule has 1 N–H and O–H groups in total. The molecule has 0 aromatic carbocycles. The smallest absolute Gasteiger partial charge is 0.257 e. The van der Waals surface area contributed by atoms with Crippen LogP contribution >= 0.6 is 0 Å². The lowest BCUT2D eigenvalue weighted by Crippen LogP contribution is -2.41. The molecule has 2 aliphatic heterocycles. The summed E-state index contributed by atoms with van der Waals surface area (Å²) in [5.41, 5.74) is 1.31. The Morgan fingerprint density at radius 1 is 1.30 bits per heavy atom. The van der Waals surface area contributed by atoms with Crippen molar-refractivity contribution >= 4 is 17.4 Å². The fourth-order valence-electron chi connectivity index (χ4n) is 5.02. The summed E-state index contributed by atoms with van der Waals surface area (Å²) in [5, 5.41) is 7.39. The van der Waals surface area contributed by atoms with E-state index in [2.05, 4.69) is 20.3 Å². The molecule has 8 nitrogen and oxygen atoms in total. The molecule has 2 bridgehead atoms. The number of piperidine rings is 1. The number of ether oxygens (including phenoxy) is 1. The van der Waals surface area contributed by atoms with Crippen molar-refractivity contribution in [2.24, 2.45) is 11.8 Å². The highest BCUT2D eigenvalue weighted by molar-refractivity contribution is 6.00. The van der Waals surface area contributed by atoms with Crippen LogP contribution in [0, 0.1) is 17.7 Å². The van der Waals surface area contributed by atoms with Gasteiger partial charge < -0.3 is 15.0 Å². The minimum atomic E-state index is -0.429. The molecule has 0 unspecified atom stereocenters. The standard InChI is InChI=1S/C21H19FN6O2/c22-12-6-14-17-13-5-11(13)9-27(17)16-1-4-28-18(25-16)15(8-24-28)19(29)26-21(2-3-21)10-30-20(14)23-7-12/h1,4,6-8,11,13,17H,2-3,5,9-10H2,(H,26,29)/t11-,13-,17-/m1/s1. The maximum Gasteiger partial charge on any atom is 0.257 e. The molecule has 2 aliphatic carbocycles. The zero-order valence-corrected chi connectivity index (χ0v) is 16.1. The number of anilines is 1. The molecular formula is C21H19FN6O2. The highest BCUT2D eigenvalue weighted by Gasteiger charge is 2.55. The predicted molar refractivity (Wildman–Crippen MR) is 104 cm³/mol. The molecule has 3 aromatic heterocycles. The maximum atomic E-state index is 14.2. The van der Waals surface area contributed by atoms with Gasteiger partial charge >= 0.3 is 0 Å². The zero-order valence-electron chi connectivity index (χ0n) is 16.1. The van der Waals surface area contributed by atoms with Crippen molar-refractivity contribution in [3.63, 3.8) is 0 Å². The monoisotopic (exact) mass is 406 g/mol. The van der Waals surface area contributed by atoms with E-state index in [1.165, 1.54) is 6.20 Å². The maximum absolute atomic E-state index is 14.2. The van der Waals surface area contributed by atoms with E-state index < -0.39 is 5.54 Å². The van der Waals surface area contributed by atoms with Crippen molar-refractivity contribution in [1.82, 2.24) is 24.9 Å². The van der Waals surface area contributed by atoms with E-state index in [9.17, 15) is 9.18 Å². The van der Waals surface area contributed by atoms with Crippen LogP contribution in [0.2, 0.25) is 0 Å². The van der Waals surface area contributed by atoms with Crippen LogP contribution in [0.4, 0.5) is 10.2 Å². The number of hydrogen-bond donors (Lipinski definition) is 1. The van der Waals surface area contributed by atoms with E-state index in [1.54, 1.807) is 16.8 Å². The second-order valence-corrected chi connectivity index (χ2v) is 8.94. The summed E-state index contributed by atoms with van der Waals surface area (Å²) in [6.07, 6.45) is 7.34. The fourth-order valence-corrected chi connectivity index (χ4v) is 5.02. The number of hydrogen-bond acceptors (Lipinski definition) is 6. The first-order valence-corrected chi connectivity index (χ1v) is 10.3. The minimum Gasteiger partial charge on any atom is -0.475 e. The Kier molecular flexibility index (Phi) is 3.02. The number of nitrogens with zero attached hydrogens (tertiary/aromatic N) is 5. The molecule has 4 aliphatic rings. The number of rotatable bonds is 0. The van der Waals surface area contributed by atoms with Crippen LogP contribution in [-0.4, -0.2) is 44.2 Å². The third kappa shape index (κ3) is 2.31. The Labute approximate surface area is 171 Å². The lowest BCUT2D eigenvalue weighted by molar-refractivity contribution is 0.0913. The van der Waals surface area contributed by atoms with E-state index in [1.807, 2.05) is 12.3 Å². The van der Waals surface area contributed by atoms with Crippen molar-refractivity contribution < 1.29 is 13.9 Å². The Balaban J connectivity index is 1.43. The Morgan fingerprint density at radius 2 is 2.20 bits per heavy atom. The predicted octanol–water partition coefficient (Wildman–Crippen LogP) is 2.12. The Morgan fingerprint density at radius 3 is 3.07 bits per heavy atom. The highest BCUT2D eigenvalue weighted by atomic mass is 19.1. The summed E-state index contributed by atoms with van der Waals surface area (Å²) in [6.45, 7) is 1.15. The van der Waals surface area contributed by atoms with Gasteiger partial charge in [-0.3, -0.25) is 4.79 Å². The first kappa shape index (κ1) is 16.6. The molecule has 2 saturated carbocycles. The van der Waals surface area contributed by atoms with Crippen LogP contribution in [0.25, 0.3) is 5.65 Å². The van der Waals surface area contributed by atoms with Gasteiger partial charge in [0.05, 0.1) is 24.0 Å². The highest BCUT2D eigenvalue weighted by Crippen LogP contribution is 2.58. The van der Waals surface area contributed by atoms with Crippen molar-refractivity contribution in [3.05, 3.63) is 47.7 Å². The average molecular weight is 406 g/mol. The van der Waals surface area contributed by atoms with Crippen molar-refractivity contribution in [3.8, 4) is 5.88 Å². The van der Waals surface area contributed by atoms with Gasteiger partial charge in [-0.05, 0) is 43.2 Å². The number of fused-ring (bicyclic) bond motifs is 7. The number of halogens is 1.